The van der Waals surface area contributed by atoms with Crippen molar-refractivity contribution in [3.05, 3.63) is 29.3 Å². The number of carbonyl (C=O) groups is 1. The van der Waals surface area contributed by atoms with E-state index >= 15 is 0 Å². The third kappa shape index (κ3) is 4.88. The summed E-state index contributed by atoms with van der Waals surface area (Å²) in [6.07, 6.45) is 1.81. The molecule has 0 unspecified atom stereocenters. The number of carbonyl (C=O) groups excluding carboxylic acids is 1. The van der Waals surface area contributed by atoms with Crippen LogP contribution in [0.3, 0.4) is 0 Å². The molecule has 0 bridgehead atoms. The van der Waals surface area contributed by atoms with Crippen LogP contribution < -0.4 is 5.73 Å². The van der Waals surface area contributed by atoms with E-state index in [9.17, 15) is 4.79 Å². The summed E-state index contributed by atoms with van der Waals surface area (Å²) in [6, 6.07) is 7.85. The van der Waals surface area contributed by atoms with Crippen LogP contribution in [0.15, 0.2) is 29.2 Å². The van der Waals surface area contributed by atoms with Gasteiger partial charge in [0, 0.05) is 24.0 Å². The standard InChI is InChI=1S/C13H17ClN2OS.ClH/c14-11-3-1-2-4-12(11)18-9-13(17)16-7-5-10(15)6-8-16;/h1-4,10H,5-9,15H2;1H. The lowest BCUT2D eigenvalue weighted by molar-refractivity contribution is -0.129. The van der Waals surface area contributed by atoms with E-state index in [1.54, 1.807) is 0 Å². The van der Waals surface area contributed by atoms with Crippen LogP contribution in [0.25, 0.3) is 0 Å². The number of rotatable bonds is 3. The normalized spacial score (nSPS) is 16.0. The van der Waals surface area contributed by atoms with Gasteiger partial charge >= 0.3 is 0 Å². The Balaban J connectivity index is 0.00000180. The first-order valence-corrected chi connectivity index (χ1v) is 7.44. The zero-order valence-corrected chi connectivity index (χ0v) is 12.9. The lowest BCUT2D eigenvalue weighted by Crippen LogP contribution is -2.43. The van der Waals surface area contributed by atoms with E-state index in [0.717, 1.165) is 30.8 Å². The van der Waals surface area contributed by atoms with Crippen molar-refractivity contribution in [1.29, 1.82) is 0 Å². The second-order valence-electron chi connectivity index (χ2n) is 4.44. The van der Waals surface area contributed by atoms with Gasteiger partial charge in [0.25, 0.3) is 0 Å². The molecule has 0 spiro atoms. The third-order valence-electron chi connectivity index (χ3n) is 3.08. The number of thioether (sulfide) groups is 1. The fraction of sp³-hybridized carbons (Fsp3) is 0.462. The van der Waals surface area contributed by atoms with Crippen LogP contribution >= 0.6 is 35.8 Å². The highest BCUT2D eigenvalue weighted by molar-refractivity contribution is 8.00. The van der Waals surface area contributed by atoms with Gasteiger partial charge in [0.1, 0.15) is 0 Å². The predicted octanol–water partition coefficient (Wildman–Crippen LogP) is 2.80. The molecule has 0 atom stereocenters. The van der Waals surface area contributed by atoms with Crippen molar-refractivity contribution in [2.45, 2.75) is 23.8 Å². The van der Waals surface area contributed by atoms with Gasteiger partial charge in [-0.2, -0.15) is 0 Å². The molecular weight excluding hydrogens is 303 g/mol. The zero-order valence-electron chi connectivity index (χ0n) is 10.5. The van der Waals surface area contributed by atoms with Crippen molar-refractivity contribution in [1.82, 2.24) is 4.90 Å². The number of piperidine rings is 1. The monoisotopic (exact) mass is 320 g/mol. The minimum Gasteiger partial charge on any atom is -0.342 e. The van der Waals surface area contributed by atoms with Crippen LogP contribution in [0.4, 0.5) is 0 Å². The van der Waals surface area contributed by atoms with Gasteiger partial charge in [0.05, 0.1) is 10.8 Å². The molecule has 3 nitrogen and oxygen atoms in total. The summed E-state index contributed by atoms with van der Waals surface area (Å²) in [6.45, 7) is 1.56. The molecule has 1 aromatic carbocycles. The minimum atomic E-state index is 0. The van der Waals surface area contributed by atoms with Crippen LogP contribution in [0.2, 0.25) is 5.02 Å². The van der Waals surface area contributed by atoms with E-state index in [1.165, 1.54) is 11.8 Å². The second kappa shape index (κ2) is 8.00. The van der Waals surface area contributed by atoms with E-state index in [-0.39, 0.29) is 24.4 Å². The molecule has 1 aliphatic rings. The van der Waals surface area contributed by atoms with E-state index in [0.29, 0.717) is 10.8 Å². The van der Waals surface area contributed by atoms with E-state index in [1.807, 2.05) is 29.2 Å². The molecule has 0 radical (unpaired) electrons. The largest absolute Gasteiger partial charge is 0.342 e. The molecule has 0 saturated carbocycles. The second-order valence-corrected chi connectivity index (χ2v) is 5.86. The Kier molecular flexibility index (Phi) is 7.00. The average Bonchev–Trinajstić information content (AvgIpc) is 2.38. The van der Waals surface area contributed by atoms with Crippen LogP contribution in [0.1, 0.15) is 12.8 Å². The van der Waals surface area contributed by atoms with E-state index < -0.39 is 0 Å². The summed E-state index contributed by atoms with van der Waals surface area (Å²) in [4.78, 5) is 14.9. The maximum Gasteiger partial charge on any atom is 0.232 e. The van der Waals surface area contributed by atoms with Gasteiger partial charge in [0.2, 0.25) is 5.91 Å². The summed E-state index contributed by atoms with van der Waals surface area (Å²) in [5, 5.41) is 0.705. The Morgan fingerprint density at radius 3 is 2.63 bits per heavy atom. The summed E-state index contributed by atoms with van der Waals surface area (Å²) in [5.74, 6) is 0.616. The third-order valence-corrected chi connectivity index (χ3v) is 4.58. The molecule has 106 valence electrons. The fourth-order valence-electron chi connectivity index (χ4n) is 1.94. The number of hydrogen-bond acceptors (Lipinski definition) is 3. The number of nitrogens with zero attached hydrogens (tertiary/aromatic N) is 1. The van der Waals surface area contributed by atoms with E-state index in [2.05, 4.69) is 0 Å². The van der Waals surface area contributed by atoms with Crippen LogP contribution in [-0.2, 0) is 4.79 Å². The van der Waals surface area contributed by atoms with Crippen LogP contribution in [-0.4, -0.2) is 35.7 Å². The van der Waals surface area contributed by atoms with Crippen molar-refractivity contribution < 1.29 is 4.79 Å². The molecule has 0 aromatic heterocycles. The van der Waals surface area contributed by atoms with Crippen LogP contribution in [0, 0.1) is 0 Å². The van der Waals surface area contributed by atoms with Crippen LogP contribution in [0.5, 0.6) is 0 Å². The van der Waals surface area contributed by atoms with E-state index in [4.69, 9.17) is 17.3 Å². The lowest BCUT2D eigenvalue weighted by atomic mass is 10.1. The summed E-state index contributed by atoms with van der Waals surface area (Å²) in [5.41, 5.74) is 5.82. The molecule has 1 fully saturated rings. The highest BCUT2D eigenvalue weighted by atomic mass is 35.5. The van der Waals surface area contributed by atoms with Gasteiger partial charge in [-0.15, -0.1) is 24.2 Å². The number of benzene rings is 1. The molecule has 2 N–H and O–H groups in total. The zero-order chi connectivity index (χ0) is 13.0. The average molecular weight is 321 g/mol. The van der Waals surface area contributed by atoms with Crippen molar-refractivity contribution in [2.75, 3.05) is 18.8 Å². The Hall–Kier alpha value is -0.420. The molecular formula is C13H18Cl2N2OS. The number of halogens is 2. The summed E-state index contributed by atoms with van der Waals surface area (Å²) >= 11 is 7.55. The van der Waals surface area contributed by atoms with Crippen molar-refractivity contribution in [3.8, 4) is 0 Å². The molecule has 1 amide bonds. The maximum absolute atomic E-state index is 12.0. The maximum atomic E-state index is 12.0. The first-order chi connectivity index (χ1) is 8.66. The smallest absolute Gasteiger partial charge is 0.232 e. The first-order valence-electron chi connectivity index (χ1n) is 6.07. The Morgan fingerprint density at radius 2 is 2.00 bits per heavy atom. The topological polar surface area (TPSA) is 46.3 Å². The Labute approximate surface area is 129 Å². The SMILES string of the molecule is Cl.NC1CCN(C(=O)CSc2ccccc2Cl)CC1. The highest BCUT2D eigenvalue weighted by Gasteiger charge is 2.20. The lowest BCUT2D eigenvalue weighted by Gasteiger charge is -2.30. The quantitative estimate of drug-likeness (QED) is 0.871. The predicted molar refractivity (Wildman–Crippen MR) is 83.2 cm³/mol. The van der Waals surface area contributed by atoms with Gasteiger partial charge in [-0.1, -0.05) is 23.7 Å². The Morgan fingerprint density at radius 1 is 1.37 bits per heavy atom. The number of nitrogens with two attached hydrogens (primary N) is 1. The van der Waals surface area contributed by atoms with Gasteiger partial charge < -0.3 is 10.6 Å². The fourth-order valence-corrected chi connectivity index (χ4v) is 3.08. The minimum absolute atomic E-state index is 0. The number of likely N-dealkylation sites (tertiary alicyclic amines) is 1. The summed E-state index contributed by atoms with van der Waals surface area (Å²) < 4.78 is 0. The molecule has 1 aliphatic heterocycles. The summed E-state index contributed by atoms with van der Waals surface area (Å²) in [7, 11) is 0. The first kappa shape index (κ1) is 16.6. The van der Waals surface area contributed by atoms with Gasteiger partial charge in [-0.3, -0.25) is 4.79 Å². The van der Waals surface area contributed by atoms with Gasteiger partial charge in [0.15, 0.2) is 0 Å². The molecule has 0 aliphatic carbocycles. The number of hydrogen-bond donors (Lipinski definition) is 1. The number of amides is 1. The molecule has 1 aromatic rings. The highest BCUT2D eigenvalue weighted by Crippen LogP contribution is 2.26. The van der Waals surface area contributed by atoms with Crippen molar-refractivity contribution in [2.24, 2.45) is 5.73 Å². The Bertz CT molecular complexity index is 423. The van der Waals surface area contributed by atoms with Crippen molar-refractivity contribution in [3.63, 3.8) is 0 Å². The molecule has 6 heteroatoms. The molecule has 1 saturated heterocycles. The molecule has 19 heavy (non-hydrogen) atoms. The molecule has 1 heterocycles. The van der Waals surface area contributed by atoms with Gasteiger partial charge in [-0.25, -0.2) is 0 Å². The van der Waals surface area contributed by atoms with Crippen molar-refractivity contribution >= 4 is 41.7 Å². The molecule has 2 rings (SSSR count). The van der Waals surface area contributed by atoms with Gasteiger partial charge in [-0.05, 0) is 25.0 Å².